The minimum absolute atomic E-state index is 0.0661. The van der Waals surface area contributed by atoms with E-state index < -0.39 is 17.1 Å². The van der Waals surface area contributed by atoms with Crippen molar-refractivity contribution in [1.82, 2.24) is 14.4 Å². The zero-order valence-corrected chi connectivity index (χ0v) is 24.7. The molecule has 42 heavy (non-hydrogen) atoms. The van der Waals surface area contributed by atoms with E-state index in [-0.39, 0.29) is 35.8 Å². The van der Waals surface area contributed by atoms with Crippen LogP contribution in [-0.2, 0) is 21.5 Å². The summed E-state index contributed by atoms with van der Waals surface area (Å²) in [5, 5.41) is 0.786. The van der Waals surface area contributed by atoms with Crippen molar-refractivity contribution < 1.29 is 28.2 Å². The van der Waals surface area contributed by atoms with Gasteiger partial charge in [0.25, 0.3) is 5.91 Å². The molecule has 0 atom stereocenters. The number of hydrogen-bond donors (Lipinski definition) is 0. The Balaban J connectivity index is 1.50. The van der Waals surface area contributed by atoms with Gasteiger partial charge in [-0.2, -0.15) is 0 Å². The molecule has 1 spiro atoms. The Kier molecular flexibility index (Phi) is 7.02. The van der Waals surface area contributed by atoms with E-state index in [2.05, 4.69) is 0 Å². The summed E-state index contributed by atoms with van der Waals surface area (Å²) in [5.41, 5.74) is 0.649. The van der Waals surface area contributed by atoms with Gasteiger partial charge in [-0.25, -0.2) is 13.8 Å². The molecular weight excluding hydrogens is 537 g/mol. The Bertz CT molecular complexity index is 1560. The van der Waals surface area contributed by atoms with Crippen LogP contribution >= 0.6 is 0 Å². The molecule has 1 saturated heterocycles. The molecule has 3 aliphatic rings. The quantitative estimate of drug-likeness (QED) is 0.388. The number of nitrogens with zero attached hydrogens (tertiary/aromatic N) is 3. The summed E-state index contributed by atoms with van der Waals surface area (Å²) in [6.07, 6.45) is 3.58. The predicted molar refractivity (Wildman–Crippen MR) is 156 cm³/mol. The van der Waals surface area contributed by atoms with Crippen molar-refractivity contribution in [3.63, 3.8) is 0 Å². The van der Waals surface area contributed by atoms with Gasteiger partial charge in [-0.1, -0.05) is 24.6 Å². The van der Waals surface area contributed by atoms with E-state index in [1.807, 2.05) is 17.0 Å². The van der Waals surface area contributed by atoms with Crippen LogP contribution in [0.1, 0.15) is 74.5 Å². The molecule has 2 fully saturated rings. The number of benzene rings is 2. The number of piperidine rings is 1. The number of ether oxygens (including phenoxy) is 2. The second kappa shape index (κ2) is 10.4. The van der Waals surface area contributed by atoms with Crippen LogP contribution in [0.15, 0.2) is 42.5 Å². The fourth-order valence-electron chi connectivity index (χ4n) is 6.73. The lowest BCUT2D eigenvalue weighted by Gasteiger charge is -2.48. The average Bonchev–Trinajstić information content (AvgIpc) is 3.27. The zero-order valence-electron chi connectivity index (χ0n) is 24.7. The summed E-state index contributed by atoms with van der Waals surface area (Å²) in [4.78, 5) is 44.9. The molecule has 1 aliphatic carbocycles. The number of halogens is 1. The Labute approximate surface area is 245 Å². The van der Waals surface area contributed by atoms with Crippen molar-refractivity contribution in [3.05, 3.63) is 65.1 Å². The van der Waals surface area contributed by atoms with Gasteiger partial charge in [0.1, 0.15) is 22.9 Å². The van der Waals surface area contributed by atoms with Gasteiger partial charge in [-0.3, -0.25) is 9.59 Å². The van der Waals surface area contributed by atoms with E-state index in [1.165, 1.54) is 10.6 Å². The molecule has 2 amide bonds. The highest BCUT2D eigenvalue weighted by atomic mass is 19.1. The van der Waals surface area contributed by atoms with Crippen LogP contribution in [0, 0.1) is 11.7 Å². The molecule has 1 saturated carbocycles. The average molecular weight is 576 g/mol. The minimum Gasteiger partial charge on any atom is -0.497 e. The third-order valence-electron chi connectivity index (χ3n) is 9.07. The van der Waals surface area contributed by atoms with Crippen molar-refractivity contribution in [1.29, 1.82) is 0 Å². The maximum atomic E-state index is 14.8. The second-order valence-corrected chi connectivity index (χ2v) is 12.9. The van der Waals surface area contributed by atoms with Crippen LogP contribution in [0.2, 0.25) is 0 Å². The molecule has 0 unspecified atom stereocenters. The number of methoxy groups -OCH3 is 1. The van der Waals surface area contributed by atoms with Gasteiger partial charge in [0.15, 0.2) is 0 Å². The lowest BCUT2D eigenvalue weighted by Crippen LogP contribution is -2.56. The number of aromatic nitrogens is 1. The SMILES string of the molecule is COc1ccc2c3c(n(C(=O)OC(C)(C)C)c2c1)C(=O)N(Cc1ccccc1F)CC31CCN(C(=O)C2CCC2)CC1. The molecule has 2 aromatic carbocycles. The Hall–Kier alpha value is -3.88. The van der Waals surface area contributed by atoms with Crippen LogP contribution in [0.25, 0.3) is 10.9 Å². The highest BCUT2D eigenvalue weighted by molar-refractivity contribution is 6.08. The molecular formula is C33H38FN3O5. The minimum atomic E-state index is -0.797. The molecule has 8 nitrogen and oxygen atoms in total. The Morgan fingerprint density at radius 1 is 1.07 bits per heavy atom. The van der Waals surface area contributed by atoms with Crippen molar-refractivity contribution in [2.45, 2.75) is 70.4 Å². The van der Waals surface area contributed by atoms with E-state index >= 15 is 0 Å². The summed E-state index contributed by atoms with van der Waals surface area (Å²) in [6.45, 7) is 6.90. The maximum absolute atomic E-state index is 14.8. The molecule has 1 aromatic heterocycles. The van der Waals surface area contributed by atoms with Gasteiger partial charge in [-0.05, 0) is 70.2 Å². The first-order valence-electron chi connectivity index (χ1n) is 14.8. The third kappa shape index (κ3) is 4.82. The van der Waals surface area contributed by atoms with Gasteiger partial charge in [0.05, 0.1) is 12.6 Å². The maximum Gasteiger partial charge on any atom is 0.419 e. The smallest absolute Gasteiger partial charge is 0.419 e. The van der Waals surface area contributed by atoms with Crippen LogP contribution in [0.4, 0.5) is 9.18 Å². The number of amides is 2. The Morgan fingerprint density at radius 2 is 1.79 bits per heavy atom. The van der Waals surface area contributed by atoms with E-state index in [0.717, 1.165) is 30.2 Å². The third-order valence-corrected chi connectivity index (χ3v) is 9.07. The number of rotatable bonds is 4. The molecule has 0 bridgehead atoms. The molecule has 3 aromatic rings. The van der Waals surface area contributed by atoms with Crippen molar-refractivity contribution in [2.75, 3.05) is 26.7 Å². The van der Waals surface area contributed by atoms with E-state index in [4.69, 9.17) is 9.47 Å². The highest BCUT2D eigenvalue weighted by Gasteiger charge is 2.50. The topological polar surface area (TPSA) is 81.1 Å². The summed E-state index contributed by atoms with van der Waals surface area (Å²) in [7, 11) is 1.56. The summed E-state index contributed by atoms with van der Waals surface area (Å²) in [5.74, 6) is 0.137. The van der Waals surface area contributed by atoms with Crippen molar-refractivity contribution in [3.8, 4) is 5.75 Å². The van der Waals surface area contributed by atoms with Gasteiger partial charge < -0.3 is 19.3 Å². The summed E-state index contributed by atoms with van der Waals surface area (Å²) in [6, 6.07) is 11.9. The number of carbonyl (C=O) groups is 3. The largest absolute Gasteiger partial charge is 0.497 e. The monoisotopic (exact) mass is 575 g/mol. The zero-order chi connectivity index (χ0) is 29.8. The highest BCUT2D eigenvalue weighted by Crippen LogP contribution is 2.48. The molecule has 2 aliphatic heterocycles. The van der Waals surface area contributed by atoms with E-state index in [9.17, 15) is 18.8 Å². The number of hydrogen-bond acceptors (Lipinski definition) is 5. The molecule has 0 N–H and O–H groups in total. The lowest BCUT2D eigenvalue weighted by atomic mass is 9.69. The van der Waals surface area contributed by atoms with Crippen LogP contribution in [-0.4, -0.2) is 64.6 Å². The molecule has 222 valence electrons. The normalized spacial score (nSPS) is 18.6. The van der Waals surface area contributed by atoms with Gasteiger partial charge in [0, 0.05) is 54.5 Å². The van der Waals surface area contributed by atoms with E-state index in [1.54, 1.807) is 57.0 Å². The van der Waals surface area contributed by atoms with Crippen molar-refractivity contribution >= 4 is 28.8 Å². The second-order valence-electron chi connectivity index (χ2n) is 12.9. The van der Waals surface area contributed by atoms with Gasteiger partial charge in [0.2, 0.25) is 5.91 Å². The predicted octanol–water partition coefficient (Wildman–Crippen LogP) is 5.89. The molecule has 9 heteroatoms. The molecule has 0 radical (unpaired) electrons. The standard InChI is InChI=1S/C33H38FN3O5/c1-32(2,3)42-31(40)37-26-18-23(41-4)12-13-24(26)27-28(37)30(39)36(19-22-8-5-6-11-25(22)34)20-33(27)14-16-35(17-15-33)29(38)21-9-7-10-21/h5-6,8,11-13,18,21H,7,9-10,14-17,19-20H2,1-4H3. The Morgan fingerprint density at radius 3 is 2.40 bits per heavy atom. The molecule has 6 rings (SSSR count). The first-order valence-corrected chi connectivity index (χ1v) is 14.8. The lowest BCUT2D eigenvalue weighted by molar-refractivity contribution is -0.140. The summed E-state index contributed by atoms with van der Waals surface area (Å²) >= 11 is 0. The van der Waals surface area contributed by atoms with Crippen LogP contribution < -0.4 is 4.74 Å². The number of fused-ring (bicyclic) bond motifs is 4. The first-order chi connectivity index (χ1) is 20.0. The van der Waals surface area contributed by atoms with Crippen LogP contribution in [0.3, 0.4) is 0 Å². The van der Waals surface area contributed by atoms with Gasteiger partial charge >= 0.3 is 6.09 Å². The fourth-order valence-corrected chi connectivity index (χ4v) is 6.73. The fraction of sp³-hybridized carbons (Fsp3) is 0.485. The first kappa shape index (κ1) is 28.2. The summed E-state index contributed by atoms with van der Waals surface area (Å²) < 4.78 is 27.5. The van der Waals surface area contributed by atoms with E-state index in [0.29, 0.717) is 49.3 Å². The van der Waals surface area contributed by atoms with Crippen LogP contribution in [0.5, 0.6) is 5.75 Å². The molecule has 3 heterocycles. The number of carbonyl (C=O) groups excluding carboxylic acids is 3. The van der Waals surface area contributed by atoms with Gasteiger partial charge in [-0.15, -0.1) is 0 Å². The van der Waals surface area contributed by atoms with Crippen molar-refractivity contribution in [2.24, 2.45) is 5.92 Å². The number of likely N-dealkylation sites (tertiary alicyclic amines) is 1.